The van der Waals surface area contributed by atoms with Crippen molar-refractivity contribution in [2.45, 2.75) is 39.2 Å². The lowest BCUT2D eigenvalue weighted by molar-refractivity contribution is -0.121. The van der Waals surface area contributed by atoms with Gasteiger partial charge >= 0.3 is 0 Å². The average molecular weight is 326 g/mol. The van der Waals surface area contributed by atoms with Gasteiger partial charge in [0.15, 0.2) is 0 Å². The minimum absolute atomic E-state index is 0.0154. The normalized spacial score (nSPS) is 22.5. The van der Waals surface area contributed by atoms with Crippen molar-refractivity contribution >= 4 is 27.5 Å². The lowest BCUT2D eigenvalue weighted by Gasteiger charge is -2.18. The molecule has 1 amide bonds. The number of ether oxygens (including phenoxy) is 1. The summed E-state index contributed by atoms with van der Waals surface area (Å²) < 4.78 is 6.62. The Morgan fingerprint density at radius 3 is 2.95 bits per heavy atom. The van der Waals surface area contributed by atoms with E-state index in [2.05, 4.69) is 41.2 Å². The maximum atomic E-state index is 12.3. The standard InChI is InChI=1S/C15H20BrNO2/c1-3-10-9-11(16)5-6-13(10)17-15(18)12-7-8-19-14(12)4-2/h5-6,9,12,14H,3-4,7-8H2,1-2H3,(H,17,18). The first-order valence-electron chi connectivity index (χ1n) is 6.86. The van der Waals surface area contributed by atoms with E-state index in [0.29, 0.717) is 6.61 Å². The van der Waals surface area contributed by atoms with Gasteiger partial charge in [-0.05, 0) is 43.0 Å². The predicted octanol–water partition coefficient (Wildman–Crippen LogP) is 3.77. The molecular formula is C15H20BrNO2. The van der Waals surface area contributed by atoms with E-state index in [-0.39, 0.29) is 17.9 Å². The number of carbonyl (C=O) groups is 1. The second-order valence-electron chi connectivity index (χ2n) is 4.86. The first-order chi connectivity index (χ1) is 9.15. The summed E-state index contributed by atoms with van der Waals surface area (Å²) in [6.45, 7) is 4.84. The van der Waals surface area contributed by atoms with Gasteiger partial charge < -0.3 is 10.1 Å². The topological polar surface area (TPSA) is 38.3 Å². The minimum Gasteiger partial charge on any atom is -0.377 e. The Hall–Kier alpha value is -0.870. The second kappa shape index (κ2) is 6.53. The summed E-state index contributed by atoms with van der Waals surface area (Å²) in [5.41, 5.74) is 2.06. The van der Waals surface area contributed by atoms with Crippen LogP contribution in [0.25, 0.3) is 0 Å². The zero-order valence-electron chi connectivity index (χ0n) is 11.4. The molecule has 1 aliphatic heterocycles. The Morgan fingerprint density at radius 1 is 1.47 bits per heavy atom. The number of hydrogen-bond donors (Lipinski definition) is 1. The molecule has 4 heteroatoms. The van der Waals surface area contributed by atoms with Crippen LogP contribution in [0.5, 0.6) is 0 Å². The minimum atomic E-state index is -0.0154. The number of hydrogen-bond acceptors (Lipinski definition) is 2. The van der Waals surface area contributed by atoms with Crippen LogP contribution >= 0.6 is 15.9 Å². The van der Waals surface area contributed by atoms with Gasteiger partial charge in [0.1, 0.15) is 0 Å². The molecule has 1 N–H and O–H groups in total. The van der Waals surface area contributed by atoms with Crippen molar-refractivity contribution in [2.24, 2.45) is 5.92 Å². The SMILES string of the molecule is CCc1cc(Br)ccc1NC(=O)C1CCOC1CC. The third-order valence-electron chi connectivity index (χ3n) is 3.65. The molecule has 0 spiro atoms. The van der Waals surface area contributed by atoms with Gasteiger partial charge in [0, 0.05) is 16.8 Å². The van der Waals surface area contributed by atoms with Crippen molar-refractivity contribution in [1.82, 2.24) is 0 Å². The molecule has 0 aliphatic carbocycles. The van der Waals surface area contributed by atoms with Crippen LogP contribution in [0, 0.1) is 5.92 Å². The Bertz CT molecular complexity index is 461. The second-order valence-corrected chi connectivity index (χ2v) is 5.77. The molecule has 3 nitrogen and oxygen atoms in total. The summed E-state index contributed by atoms with van der Waals surface area (Å²) in [6, 6.07) is 5.97. The average Bonchev–Trinajstić information content (AvgIpc) is 2.89. The van der Waals surface area contributed by atoms with Crippen LogP contribution in [-0.2, 0) is 16.0 Å². The Labute approximate surface area is 122 Å². The number of benzene rings is 1. The highest BCUT2D eigenvalue weighted by Crippen LogP contribution is 2.27. The number of anilines is 1. The van der Waals surface area contributed by atoms with Crippen LogP contribution in [0.4, 0.5) is 5.69 Å². The summed E-state index contributed by atoms with van der Waals surface area (Å²) in [5, 5.41) is 3.06. The van der Waals surface area contributed by atoms with Gasteiger partial charge in [0.2, 0.25) is 5.91 Å². The van der Waals surface area contributed by atoms with E-state index < -0.39 is 0 Å². The van der Waals surface area contributed by atoms with Crippen LogP contribution in [0.3, 0.4) is 0 Å². The summed E-state index contributed by atoms with van der Waals surface area (Å²) in [4.78, 5) is 12.3. The quantitative estimate of drug-likeness (QED) is 0.915. The van der Waals surface area contributed by atoms with Gasteiger partial charge in [-0.25, -0.2) is 0 Å². The first kappa shape index (κ1) is 14.5. The highest BCUT2D eigenvalue weighted by molar-refractivity contribution is 9.10. The highest BCUT2D eigenvalue weighted by Gasteiger charge is 2.32. The molecule has 1 aromatic rings. The molecule has 19 heavy (non-hydrogen) atoms. The number of halogens is 1. The van der Waals surface area contributed by atoms with E-state index >= 15 is 0 Å². The smallest absolute Gasteiger partial charge is 0.230 e. The highest BCUT2D eigenvalue weighted by atomic mass is 79.9. The van der Waals surface area contributed by atoms with Gasteiger partial charge in [-0.3, -0.25) is 4.79 Å². The molecular weight excluding hydrogens is 306 g/mol. The van der Waals surface area contributed by atoms with Crippen molar-refractivity contribution < 1.29 is 9.53 Å². The molecule has 0 radical (unpaired) electrons. The molecule has 0 saturated carbocycles. The summed E-state index contributed by atoms with van der Waals surface area (Å²) in [7, 11) is 0. The zero-order valence-corrected chi connectivity index (χ0v) is 13.0. The lowest BCUT2D eigenvalue weighted by Crippen LogP contribution is -2.29. The van der Waals surface area contributed by atoms with Crippen molar-refractivity contribution in [1.29, 1.82) is 0 Å². The van der Waals surface area contributed by atoms with Crippen LogP contribution in [-0.4, -0.2) is 18.6 Å². The molecule has 104 valence electrons. The predicted molar refractivity (Wildman–Crippen MR) is 80.3 cm³/mol. The number of rotatable bonds is 4. The molecule has 2 unspecified atom stereocenters. The van der Waals surface area contributed by atoms with E-state index in [0.717, 1.165) is 35.0 Å². The fourth-order valence-corrected chi connectivity index (χ4v) is 2.96. The van der Waals surface area contributed by atoms with Crippen molar-refractivity contribution in [3.63, 3.8) is 0 Å². The van der Waals surface area contributed by atoms with E-state index in [1.165, 1.54) is 0 Å². The fraction of sp³-hybridized carbons (Fsp3) is 0.533. The van der Waals surface area contributed by atoms with E-state index in [1.807, 2.05) is 12.1 Å². The first-order valence-corrected chi connectivity index (χ1v) is 7.65. The van der Waals surface area contributed by atoms with Gasteiger partial charge in [0.25, 0.3) is 0 Å². The summed E-state index contributed by atoms with van der Waals surface area (Å²) in [5.74, 6) is 0.0692. The molecule has 1 heterocycles. The molecule has 1 fully saturated rings. The van der Waals surface area contributed by atoms with Crippen LogP contribution < -0.4 is 5.32 Å². The van der Waals surface area contributed by atoms with Gasteiger partial charge in [-0.1, -0.05) is 29.8 Å². The molecule has 0 aromatic heterocycles. The lowest BCUT2D eigenvalue weighted by atomic mass is 9.98. The molecule has 1 aliphatic rings. The van der Waals surface area contributed by atoms with Gasteiger partial charge in [-0.15, -0.1) is 0 Å². The van der Waals surface area contributed by atoms with Crippen molar-refractivity contribution in [3.8, 4) is 0 Å². The molecule has 2 atom stereocenters. The van der Waals surface area contributed by atoms with E-state index in [9.17, 15) is 4.79 Å². The zero-order chi connectivity index (χ0) is 13.8. The number of nitrogens with one attached hydrogen (secondary N) is 1. The largest absolute Gasteiger partial charge is 0.377 e. The third kappa shape index (κ3) is 3.37. The third-order valence-corrected chi connectivity index (χ3v) is 4.15. The summed E-state index contributed by atoms with van der Waals surface area (Å²) >= 11 is 3.46. The van der Waals surface area contributed by atoms with Gasteiger partial charge in [-0.2, -0.15) is 0 Å². The van der Waals surface area contributed by atoms with Crippen molar-refractivity contribution in [3.05, 3.63) is 28.2 Å². The van der Waals surface area contributed by atoms with Gasteiger partial charge in [0.05, 0.1) is 12.0 Å². The van der Waals surface area contributed by atoms with Crippen LogP contribution in [0.1, 0.15) is 32.3 Å². The number of amides is 1. The fourth-order valence-electron chi connectivity index (χ4n) is 2.55. The van der Waals surface area contributed by atoms with Crippen LogP contribution in [0.2, 0.25) is 0 Å². The molecule has 1 aromatic carbocycles. The van der Waals surface area contributed by atoms with E-state index in [4.69, 9.17) is 4.74 Å². The van der Waals surface area contributed by atoms with Crippen LogP contribution in [0.15, 0.2) is 22.7 Å². The summed E-state index contributed by atoms with van der Waals surface area (Å²) in [6.07, 6.45) is 2.68. The number of aryl methyl sites for hydroxylation is 1. The maximum Gasteiger partial charge on any atom is 0.230 e. The Kier molecular flexibility index (Phi) is 4.99. The Morgan fingerprint density at radius 2 is 2.26 bits per heavy atom. The van der Waals surface area contributed by atoms with Crippen molar-refractivity contribution in [2.75, 3.05) is 11.9 Å². The maximum absolute atomic E-state index is 12.3. The van der Waals surface area contributed by atoms with E-state index in [1.54, 1.807) is 0 Å². The molecule has 2 rings (SSSR count). The Balaban J connectivity index is 2.10. The monoisotopic (exact) mass is 325 g/mol. The number of carbonyl (C=O) groups excluding carboxylic acids is 1. The molecule has 0 bridgehead atoms. The molecule has 1 saturated heterocycles.